The van der Waals surface area contributed by atoms with Crippen LogP contribution < -0.4 is 25.6 Å². The molecule has 174 valence electrons. The molecule has 0 radical (unpaired) electrons. The Morgan fingerprint density at radius 1 is 0.853 bits per heavy atom. The van der Waals surface area contributed by atoms with Crippen LogP contribution in [0.4, 0.5) is 0 Å². The minimum Gasteiger partial charge on any atom is -0.494 e. The number of benzene rings is 3. The summed E-state index contributed by atoms with van der Waals surface area (Å²) < 4.78 is 11.1. The molecule has 0 aliphatic heterocycles. The van der Waals surface area contributed by atoms with Gasteiger partial charge in [-0.2, -0.15) is 0 Å². The standard InChI is InChI=1S/C26H25N3O4S/c1-2-32-22-13-8-19(9-14-22)10-17-24(30)27-26(34)29-28-25(31)21-11-15-23(16-12-21)33-18-20-6-4-3-5-7-20/h3-17H,2,18H2,1H3,(H,28,31)(H2,27,29,30,34)/b17-10+. The number of ether oxygens (including phenoxy) is 2. The minimum atomic E-state index is -0.430. The van der Waals surface area contributed by atoms with Crippen molar-refractivity contribution in [3.63, 3.8) is 0 Å². The van der Waals surface area contributed by atoms with E-state index in [1.54, 1.807) is 30.3 Å². The van der Waals surface area contributed by atoms with E-state index in [1.807, 2.05) is 61.5 Å². The second-order valence-corrected chi connectivity index (χ2v) is 7.44. The lowest BCUT2D eigenvalue weighted by molar-refractivity contribution is -0.115. The Kier molecular flexibility index (Phi) is 9.19. The first-order valence-corrected chi connectivity index (χ1v) is 11.0. The summed E-state index contributed by atoms with van der Waals surface area (Å²) in [5, 5.41) is 2.44. The van der Waals surface area contributed by atoms with Crippen LogP contribution in [0.5, 0.6) is 11.5 Å². The van der Waals surface area contributed by atoms with Crippen LogP contribution in [-0.4, -0.2) is 23.5 Å². The molecule has 0 saturated carbocycles. The summed E-state index contributed by atoms with van der Waals surface area (Å²) in [6.45, 7) is 2.94. The molecular weight excluding hydrogens is 450 g/mol. The summed E-state index contributed by atoms with van der Waals surface area (Å²) in [6.07, 6.45) is 2.99. The van der Waals surface area contributed by atoms with Crippen LogP contribution in [0.15, 0.2) is 84.9 Å². The molecule has 0 aliphatic carbocycles. The molecule has 3 aromatic carbocycles. The van der Waals surface area contributed by atoms with Gasteiger partial charge in [-0.3, -0.25) is 25.8 Å². The first-order valence-electron chi connectivity index (χ1n) is 10.6. The largest absolute Gasteiger partial charge is 0.494 e. The highest BCUT2D eigenvalue weighted by Gasteiger charge is 2.07. The Labute approximate surface area is 203 Å². The number of nitrogens with one attached hydrogen (secondary N) is 3. The van der Waals surface area contributed by atoms with Crippen molar-refractivity contribution in [2.45, 2.75) is 13.5 Å². The SMILES string of the molecule is CCOc1ccc(/C=C/C(=O)NC(=S)NNC(=O)c2ccc(OCc3ccccc3)cc2)cc1. The van der Waals surface area contributed by atoms with Crippen LogP contribution in [0.3, 0.4) is 0 Å². The molecule has 0 heterocycles. The van der Waals surface area contributed by atoms with Crippen molar-refractivity contribution in [3.8, 4) is 11.5 Å². The van der Waals surface area contributed by atoms with Crippen LogP contribution >= 0.6 is 12.2 Å². The van der Waals surface area contributed by atoms with E-state index >= 15 is 0 Å². The lowest BCUT2D eigenvalue weighted by Gasteiger charge is -2.10. The number of rotatable bonds is 8. The van der Waals surface area contributed by atoms with Gasteiger partial charge in [-0.25, -0.2) is 0 Å². The van der Waals surface area contributed by atoms with Crippen molar-refractivity contribution in [1.29, 1.82) is 0 Å². The number of hydrogen-bond donors (Lipinski definition) is 3. The van der Waals surface area contributed by atoms with Crippen LogP contribution in [0.25, 0.3) is 6.08 Å². The summed E-state index contributed by atoms with van der Waals surface area (Å²) in [5.74, 6) is 0.576. The molecule has 0 spiro atoms. The molecule has 3 aromatic rings. The van der Waals surface area contributed by atoms with Gasteiger partial charge in [0.15, 0.2) is 5.11 Å². The number of carbonyl (C=O) groups is 2. The average Bonchev–Trinajstić information content (AvgIpc) is 2.87. The third-order valence-corrected chi connectivity index (χ3v) is 4.71. The Bertz CT molecular complexity index is 1130. The monoisotopic (exact) mass is 475 g/mol. The number of hydrazine groups is 1. The van der Waals surface area contributed by atoms with Crippen LogP contribution in [0, 0.1) is 0 Å². The fourth-order valence-electron chi connectivity index (χ4n) is 2.83. The van der Waals surface area contributed by atoms with Gasteiger partial charge >= 0.3 is 0 Å². The number of amides is 2. The van der Waals surface area contributed by atoms with Crippen molar-refractivity contribution in [3.05, 3.63) is 102 Å². The summed E-state index contributed by atoms with van der Waals surface area (Å²) in [4.78, 5) is 24.3. The first-order chi connectivity index (χ1) is 16.5. The van der Waals surface area contributed by atoms with Crippen LogP contribution in [0.1, 0.15) is 28.4 Å². The van der Waals surface area contributed by atoms with Crippen molar-refractivity contribution in [1.82, 2.24) is 16.2 Å². The molecule has 2 amide bonds. The normalized spacial score (nSPS) is 10.4. The van der Waals surface area contributed by atoms with Gasteiger partial charge in [0.1, 0.15) is 18.1 Å². The molecule has 0 bridgehead atoms. The molecule has 7 nitrogen and oxygen atoms in total. The molecule has 0 aliphatic rings. The second-order valence-electron chi connectivity index (χ2n) is 7.03. The van der Waals surface area contributed by atoms with Gasteiger partial charge < -0.3 is 9.47 Å². The quantitative estimate of drug-likeness (QED) is 0.259. The summed E-state index contributed by atoms with van der Waals surface area (Å²) in [7, 11) is 0. The van der Waals surface area contributed by atoms with E-state index in [0.29, 0.717) is 24.5 Å². The average molecular weight is 476 g/mol. The molecule has 0 atom stereocenters. The fourth-order valence-corrected chi connectivity index (χ4v) is 2.98. The van der Waals surface area contributed by atoms with Gasteiger partial charge in [-0.1, -0.05) is 42.5 Å². The third kappa shape index (κ3) is 8.07. The number of hydrogen-bond acceptors (Lipinski definition) is 5. The van der Waals surface area contributed by atoms with Crippen molar-refractivity contribution in [2.24, 2.45) is 0 Å². The van der Waals surface area contributed by atoms with Crippen molar-refractivity contribution < 1.29 is 19.1 Å². The third-order valence-electron chi connectivity index (χ3n) is 4.51. The molecule has 3 rings (SSSR count). The van der Waals surface area contributed by atoms with Gasteiger partial charge in [-0.05, 0) is 72.7 Å². The van der Waals surface area contributed by atoms with Gasteiger partial charge in [0.05, 0.1) is 6.61 Å². The van der Waals surface area contributed by atoms with Gasteiger partial charge in [0.25, 0.3) is 5.91 Å². The maximum Gasteiger partial charge on any atom is 0.269 e. The zero-order valence-corrected chi connectivity index (χ0v) is 19.4. The Morgan fingerprint density at radius 2 is 1.50 bits per heavy atom. The zero-order valence-electron chi connectivity index (χ0n) is 18.6. The highest BCUT2D eigenvalue weighted by Crippen LogP contribution is 2.14. The predicted molar refractivity (Wildman–Crippen MR) is 135 cm³/mol. The maximum absolute atomic E-state index is 12.3. The van der Waals surface area contributed by atoms with Crippen molar-refractivity contribution in [2.75, 3.05) is 6.61 Å². The molecule has 34 heavy (non-hydrogen) atoms. The number of carbonyl (C=O) groups excluding carboxylic acids is 2. The lowest BCUT2D eigenvalue weighted by Crippen LogP contribution is -2.48. The minimum absolute atomic E-state index is 0.0301. The molecule has 0 aromatic heterocycles. The molecule has 0 saturated heterocycles. The van der Waals surface area contributed by atoms with E-state index in [2.05, 4.69) is 16.2 Å². The van der Waals surface area contributed by atoms with Gasteiger partial charge in [0, 0.05) is 11.6 Å². The van der Waals surface area contributed by atoms with Crippen LogP contribution in [-0.2, 0) is 11.4 Å². The maximum atomic E-state index is 12.3. The highest BCUT2D eigenvalue weighted by atomic mass is 32.1. The van der Waals surface area contributed by atoms with E-state index < -0.39 is 11.8 Å². The van der Waals surface area contributed by atoms with E-state index in [-0.39, 0.29) is 5.11 Å². The van der Waals surface area contributed by atoms with Crippen molar-refractivity contribution >= 4 is 35.2 Å². The van der Waals surface area contributed by atoms with E-state index in [1.165, 1.54) is 6.08 Å². The van der Waals surface area contributed by atoms with E-state index in [9.17, 15) is 9.59 Å². The summed E-state index contributed by atoms with van der Waals surface area (Å²) in [5.41, 5.74) is 7.26. The fraction of sp³-hybridized carbons (Fsp3) is 0.115. The molecule has 3 N–H and O–H groups in total. The van der Waals surface area contributed by atoms with E-state index in [4.69, 9.17) is 21.7 Å². The topological polar surface area (TPSA) is 88.7 Å². The summed E-state index contributed by atoms with van der Waals surface area (Å²) in [6, 6.07) is 23.8. The lowest BCUT2D eigenvalue weighted by atomic mass is 10.2. The predicted octanol–water partition coefficient (Wildman–Crippen LogP) is 4.01. The van der Waals surface area contributed by atoms with Crippen LogP contribution in [0.2, 0.25) is 0 Å². The van der Waals surface area contributed by atoms with Gasteiger partial charge in [-0.15, -0.1) is 0 Å². The first kappa shape index (κ1) is 24.5. The molecule has 8 heteroatoms. The number of thiocarbonyl (C=S) groups is 1. The van der Waals surface area contributed by atoms with E-state index in [0.717, 1.165) is 16.9 Å². The summed E-state index contributed by atoms with van der Waals surface area (Å²) >= 11 is 5.05. The molecule has 0 fully saturated rings. The Morgan fingerprint density at radius 3 is 2.18 bits per heavy atom. The second kappa shape index (κ2) is 12.8. The zero-order chi connectivity index (χ0) is 24.2. The molecule has 0 unspecified atom stereocenters. The smallest absolute Gasteiger partial charge is 0.269 e. The van der Waals surface area contributed by atoms with Gasteiger partial charge in [0.2, 0.25) is 5.91 Å². The Balaban J connectivity index is 1.40. The molecular formula is C26H25N3O4S. The Hall–Kier alpha value is -4.17. The highest BCUT2D eigenvalue weighted by molar-refractivity contribution is 7.80.